The number of nitrogens with one attached hydrogen (secondary N) is 2. The van der Waals surface area contributed by atoms with Crippen LogP contribution in [0.25, 0.3) is 0 Å². The molecule has 116 valence electrons. The molecule has 1 rings (SSSR count). The van der Waals surface area contributed by atoms with Gasteiger partial charge in [0, 0.05) is 37.0 Å². The van der Waals surface area contributed by atoms with Gasteiger partial charge >= 0.3 is 0 Å². The second-order valence-electron chi connectivity index (χ2n) is 7.78. The molecule has 2 unspecified atom stereocenters. The molecule has 0 aromatic rings. The molecule has 1 aliphatic rings. The van der Waals surface area contributed by atoms with Crippen molar-refractivity contribution in [3.63, 3.8) is 0 Å². The third-order valence-corrected chi connectivity index (χ3v) is 3.54. The number of carbonyl (C=O) groups is 2. The van der Waals surface area contributed by atoms with E-state index in [1.807, 2.05) is 48.6 Å². The monoisotopic (exact) mass is 283 g/mol. The van der Waals surface area contributed by atoms with Crippen LogP contribution < -0.4 is 10.6 Å². The summed E-state index contributed by atoms with van der Waals surface area (Å²) in [7, 11) is 1.82. The zero-order chi connectivity index (χ0) is 15.7. The van der Waals surface area contributed by atoms with Gasteiger partial charge in [-0.3, -0.25) is 9.59 Å². The first-order valence-electron chi connectivity index (χ1n) is 7.23. The molecular weight excluding hydrogens is 254 g/mol. The Morgan fingerprint density at radius 3 is 2.05 bits per heavy atom. The quantitative estimate of drug-likeness (QED) is 0.812. The van der Waals surface area contributed by atoms with E-state index in [-0.39, 0.29) is 34.7 Å². The first-order chi connectivity index (χ1) is 8.93. The average Bonchev–Trinajstić information content (AvgIpc) is 2.27. The van der Waals surface area contributed by atoms with Gasteiger partial charge in [-0.25, -0.2) is 0 Å². The molecule has 0 bridgehead atoms. The fourth-order valence-corrected chi connectivity index (χ4v) is 2.08. The molecule has 0 aliphatic carbocycles. The van der Waals surface area contributed by atoms with Crippen molar-refractivity contribution in [1.82, 2.24) is 15.5 Å². The minimum absolute atomic E-state index is 0.0544. The van der Waals surface area contributed by atoms with Crippen molar-refractivity contribution in [2.75, 3.05) is 20.1 Å². The van der Waals surface area contributed by atoms with E-state index >= 15 is 0 Å². The van der Waals surface area contributed by atoms with Crippen LogP contribution in [0.2, 0.25) is 0 Å². The molecule has 1 saturated heterocycles. The van der Waals surface area contributed by atoms with E-state index in [4.69, 9.17) is 0 Å². The summed E-state index contributed by atoms with van der Waals surface area (Å²) in [5.41, 5.74) is -0.754. The highest BCUT2D eigenvalue weighted by atomic mass is 16.2. The van der Waals surface area contributed by atoms with Gasteiger partial charge < -0.3 is 15.5 Å². The largest absolute Gasteiger partial charge is 0.350 e. The Hall–Kier alpha value is -1.10. The van der Waals surface area contributed by atoms with Crippen LogP contribution in [0, 0.1) is 10.8 Å². The topological polar surface area (TPSA) is 61.4 Å². The number of rotatable bonds is 3. The van der Waals surface area contributed by atoms with Gasteiger partial charge in [-0.15, -0.1) is 0 Å². The Morgan fingerprint density at radius 1 is 1.15 bits per heavy atom. The average molecular weight is 283 g/mol. The molecule has 1 aliphatic heterocycles. The van der Waals surface area contributed by atoms with Crippen LogP contribution in [0.3, 0.4) is 0 Å². The Kier molecular flexibility index (Phi) is 4.85. The highest BCUT2D eigenvalue weighted by Gasteiger charge is 2.36. The predicted octanol–water partition coefficient (Wildman–Crippen LogP) is 0.994. The summed E-state index contributed by atoms with van der Waals surface area (Å²) in [4.78, 5) is 25.9. The van der Waals surface area contributed by atoms with Crippen molar-refractivity contribution >= 4 is 11.8 Å². The second-order valence-corrected chi connectivity index (χ2v) is 7.78. The Balaban J connectivity index is 2.50. The zero-order valence-corrected chi connectivity index (χ0v) is 13.8. The molecule has 20 heavy (non-hydrogen) atoms. The summed E-state index contributed by atoms with van der Waals surface area (Å²) in [6.45, 7) is 12.8. The number of hydrogen-bond donors (Lipinski definition) is 2. The highest BCUT2D eigenvalue weighted by Crippen LogP contribution is 2.18. The van der Waals surface area contributed by atoms with Crippen molar-refractivity contribution in [2.24, 2.45) is 10.8 Å². The summed E-state index contributed by atoms with van der Waals surface area (Å²) in [6.07, 6.45) is 0. The highest BCUT2D eigenvalue weighted by molar-refractivity contribution is 5.82. The van der Waals surface area contributed by atoms with Gasteiger partial charge in [0.05, 0.1) is 6.04 Å². The molecule has 2 atom stereocenters. The fraction of sp³-hybridized carbons (Fsp3) is 0.867. The summed E-state index contributed by atoms with van der Waals surface area (Å²) in [5.74, 6) is 0.172. The molecule has 2 N–H and O–H groups in total. The van der Waals surface area contributed by atoms with E-state index in [0.717, 1.165) is 6.54 Å². The molecular formula is C15H29N3O2. The van der Waals surface area contributed by atoms with E-state index in [0.29, 0.717) is 6.54 Å². The smallest absolute Gasteiger partial charge is 0.227 e. The number of nitrogens with zero attached hydrogens (tertiary/aromatic N) is 1. The van der Waals surface area contributed by atoms with Crippen molar-refractivity contribution in [2.45, 2.75) is 53.6 Å². The summed E-state index contributed by atoms with van der Waals surface area (Å²) in [5, 5.41) is 6.33. The van der Waals surface area contributed by atoms with Gasteiger partial charge in [0.1, 0.15) is 0 Å². The van der Waals surface area contributed by atoms with Crippen LogP contribution in [-0.4, -0.2) is 48.9 Å². The fourth-order valence-electron chi connectivity index (χ4n) is 2.08. The Morgan fingerprint density at radius 2 is 1.70 bits per heavy atom. The van der Waals surface area contributed by atoms with E-state index < -0.39 is 0 Å². The van der Waals surface area contributed by atoms with E-state index in [9.17, 15) is 9.59 Å². The van der Waals surface area contributed by atoms with Crippen molar-refractivity contribution in [3.05, 3.63) is 0 Å². The van der Waals surface area contributed by atoms with Crippen LogP contribution in [0.4, 0.5) is 0 Å². The number of carbonyl (C=O) groups excluding carboxylic acids is 2. The maximum absolute atomic E-state index is 12.1. The molecule has 0 saturated carbocycles. The van der Waals surface area contributed by atoms with Gasteiger partial charge in [0.15, 0.2) is 0 Å². The molecule has 0 spiro atoms. The van der Waals surface area contributed by atoms with Crippen LogP contribution in [-0.2, 0) is 9.59 Å². The van der Waals surface area contributed by atoms with Crippen LogP contribution in [0.5, 0.6) is 0 Å². The van der Waals surface area contributed by atoms with Gasteiger partial charge in [0.25, 0.3) is 0 Å². The summed E-state index contributed by atoms with van der Waals surface area (Å²) in [6, 6.07) is 0.245. The zero-order valence-electron chi connectivity index (χ0n) is 13.8. The van der Waals surface area contributed by atoms with E-state index in [1.54, 1.807) is 4.90 Å². The third-order valence-electron chi connectivity index (χ3n) is 3.54. The molecule has 0 aromatic heterocycles. The van der Waals surface area contributed by atoms with Crippen LogP contribution >= 0.6 is 0 Å². The molecule has 2 amide bonds. The van der Waals surface area contributed by atoms with Crippen molar-refractivity contribution in [3.8, 4) is 0 Å². The normalized spacial score (nSPS) is 22.9. The lowest BCUT2D eigenvalue weighted by Gasteiger charge is -2.42. The first-order valence-corrected chi connectivity index (χ1v) is 7.23. The molecule has 1 fully saturated rings. The number of amides is 2. The summed E-state index contributed by atoms with van der Waals surface area (Å²) < 4.78 is 0. The molecule has 5 nitrogen and oxygen atoms in total. The minimum Gasteiger partial charge on any atom is -0.350 e. The number of likely N-dealkylation sites (N-methyl/N-ethyl adjacent to an activating group) is 1. The van der Waals surface area contributed by atoms with E-state index in [1.165, 1.54) is 0 Å². The lowest BCUT2D eigenvalue weighted by atomic mass is 9.91. The third kappa shape index (κ3) is 4.20. The molecule has 0 aromatic carbocycles. The second kappa shape index (κ2) is 5.72. The molecule has 0 radical (unpaired) electrons. The van der Waals surface area contributed by atoms with Gasteiger partial charge in [-0.2, -0.15) is 0 Å². The standard InChI is InChI=1S/C15H29N3O2/c1-14(2,3)12(19)17-10-8-16-11(10)9-18(7)13(20)15(4,5)6/h10-11,16H,8-9H2,1-7H3,(H,17,19). The predicted molar refractivity (Wildman–Crippen MR) is 80.3 cm³/mol. The van der Waals surface area contributed by atoms with E-state index in [2.05, 4.69) is 10.6 Å². The van der Waals surface area contributed by atoms with Crippen molar-refractivity contribution in [1.29, 1.82) is 0 Å². The molecule has 5 heteroatoms. The van der Waals surface area contributed by atoms with Crippen LogP contribution in [0.1, 0.15) is 41.5 Å². The SMILES string of the molecule is CN(CC1NCC1NC(=O)C(C)(C)C)C(=O)C(C)(C)C. The Labute approximate surface area is 122 Å². The van der Waals surface area contributed by atoms with Crippen LogP contribution in [0.15, 0.2) is 0 Å². The van der Waals surface area contributed by atoms with Crippen molar-refractivity contribution < 1.29 is 9.59 Å². The number of hydrogen-bond acceptors (Lipinski definition) is 3. The lowest BCUT2D eigenvalue weighted by Crippen LogP contribution is -2.69. The summed E-state index contributed by atoms with van der Waals surface area (Å²) >= 11 is 0. The Bertz CT molecular complexity index is 380. The maximum Gasteiger partial charge on any atom is 0.227 e. The van der Waals surface area contributed by atoms with Gasteiger partial charge in [-0.1, -0.05) is 41.5 Å². The molecule has 1 heterocycles. The van der Waals surface area contributed by atoms with Gasteiger partial charge in [-0.05, 0) is 0 Å². The van der Waals surface area contributed by atoms with Gasteiger partial charge in [0.2, 0.25) is 11.8 Å². The maximum atomic E-state index is 12.1. The minimum atomic E-state index is -0.382. The lowest BCUT2D eigenvalue weighted by molar-refractivity contribution is -0.138. The first kappa shape index (κ1) is 17.0.